The molecule has 1 heterocycles. The fourth-order valence-electron chi connectivity index (χ4n) is 1.47. The second-order valence-electron chi connectivity index (χ2n) is 3.65. The van der Waals surface area contributed by atoms with Crippen molar-refractivity contribution in [1.82, 2.24) is 0 Å². The molecule has 90 valence electrons. The van der Waals surface area contributed by atoms with Gasteiger partial charge in [-0.05, 0) is 30.2 Å². The lowest BCUT2D eigenvalue weighted by Gasteiger charge is -2.09. The average molecular weight is 310 g/mol. The molecule has 0 fully saturated rings. The van der Waals surface area contributed by atoms with Gasteiger partial charge >= 0.3 is 0 Å². The van der Waals surface area contributed by atoms with Crippen molar-refractivity contribution >= 4 is 46.1 Å². The van der Waals surface area contributed by atoms with Crippen LogP contribution in [-0.2, 0) is 0 Å². The third kappa shape index (κ3) is 2.76. The first-order valence-corrected chi connectivity index (χ1v) is 6.85. The van der Waals surface area contributed by atoms with E-state index in [0.717, 1.165) is 0 Å². The lowest BCUT2D eigenvalue weighted by molar-refractivity contribution is 0.616. The number of halogens is 4. The second-order valence-corrected chi connectivity index (χ2v) is 6.37. The lowest BCUT2D eigenvalue weighted by atomic mass is 10.1. The van der Waals surface area contributed by atoms with Crippen LogP contribution in [0.2, 0.25) is 8.67 Å². The first kappa shape index (κ1) is 13.2. The molecule has 0 aliphatic carbocycles. The van der Waals surface area contributed by atoms with Gasteiger partial charge in [-0.15, -0.1) is 22.9 Å². The van der Waals surface area contributed by atoms with Crippen LogP contribution >= 0.6 is 46.1 Å². The van der Waals surface area contributed by atoms with Gasteiger partial charge in [0.05, 0.1) is 14.0 Å². The minimum Gasteiger partial charge on any atom is -0.207 e. The van der Waals surface area contributed by atoms with Crippen molar-refractivity contribution in [3.05, 3.63) is 55.4 Å². The summed E-state index contributed by atoms with van der Waals surface area (Å²) in [7, 11) is 0. The second kappa shape index (κ2) is 5.15. The topological polar surface area (TPSA) is 0 Å². The normalized spacial score (nSPS) is 12.8. The van der Waals surface area contributed by atoms with E-state index >= 15 is 0 Å². The molecule has 0 aliphatic rings. The summed E-state index contributed by atoms with van der Waals surface area (Å²) in [5.41, 5.74) is 1.98. The zero-order valence-electron chi connectivity index (χ0n) is 8.81. The van der Waals surface area contributed by atoms with E-state index in [0.29, 0.717) is 25.4 Å². The Morgan fingerprint density at radius 3 is 2.47 bits per heavy atom. The fraction of sp³-hybridized carbons (Fsp3) is 0.167. The Kier molecular flexibility index (Phi) is 3.99. The minimum atomic E-state index is -0.485. The highest BCUT2D eigenvalue weighted by atomic mass is 35.5. The molecule has 17 heavy (non-hydrogen) atoms. The van der Waals surface area contributed by atoms with Crippen molar-refractivity contribution in [3.8, 4) is 0 Å². The molecular weight excluding hydrogens is 302 g/mol. The molecule has 0 saturated heterocycles. The van der Waals surface area contributed by atoms with Crippen LogP contribution in [0.15, 0.2) is 24.3 Å². The highest BCUT2D eigenvalue weighted by Crippen LogP contribution is 2.40. The van der Waals surface area contributed by atoms with Crippen molar-refractivity contribution in [2.24, 2.45) is 0 Å². The predicted octanol–water partition coefficient (Wildman–Crippen LogP) is 5.83. The van der Waals surface area contributed by atoms with Gasteiger partial charge in [0.2, 0.25) is 0 Å². The van der Waals surface area contributed by atoms with Crippen molar-refractivity contribution in [3.63, 3.8) is 0 Å². The Hall–Kier alpha value is -0.280. The Balaban J connectivity index is 2.40. The number of hydrogen-bond donors (Lipinski definition) is 0. The van der Waals surface area contributed by atoms with Crippen LogP contribution in [0, 0.1) is 12.7 Å². The highest BCUT2D eigenvalue weighted by molar-refractivity contribution is 7.20. The summed E-state index contributed by atoms with van der Waals surface area (Å²) in [6.07, 6.45) is 0. The molecule has 1 atom stereocenters. The van der Waals surface area contributed by atoms with Crippen molar-refractivity contribution in [2.75, 3.05) is 0 Å². The van der Waals surface area contributed by atoms with E-state index in [2.05, 4.69) is 0 Å². The maximum atomic E-state index is 13.4. The number of rotatable bonds is 2. The minimum absolute atomic E-state index is 0.273. The van der Waals surface area contributed by atoms with Gasteiger partial charge in [-0.2, -0.15) is 0 Å². The van der Waals surface area contributed by atoms with E-state index in [9.17, 15) is 4.39 Å². The zero-order chi connectivity index (χ0) is 12.6. The first-order chi connectivity index (χ1) is 7.99. The SMILES string of the molecule is Cc1ccc(C(Cl)c2cc(Cl)sc2Cl)cc1F. The molecule has 5 heteroatoms. The van der Waals surface area contributed by atoms with E-state index in [1.807, 2.05) is 0 Å². The molecule has 2 rings (SSSR count). The molecule has 0 amide bonds. The molecule has 0 nitrogen and oxygen atoms in total. The molecule has 1 unspecified atom stereocenters. The summed E-state index contributed by atoms with van der Waals surface area (Å²) in [5.74, 6) is -0.273. The fourth-order valence-corrected chi connectivity index (χ4v) is 3.43. The van der Waals surface area contributed by atoms with Crippen LogP contribution in [0.25, 0.3) is 0 Å². The molecule has 1 aromatic carbocycles. The van der Waals surface area contributed by atoms with Crippen LogP contribution in [0.1, 0.15) is 22.1 Å². The molecule has 0 radical (unpaired) electrons. The summed E-state index contributed by atoms with van der Waals surface area (Å²) in [4.78, 5) is 0. The average Bonchev–Trinajstić information content (AvgIpc) is 2.61. The Morgan fingerprint density at radius 1 is 1.24 bits per heavy atom. The van der Waals surface area contributed by atoms with Crippen LogP contribution in [0.3, 0.4) is 0 Å². The molecule has 0 N–H and O–H groups in total. The molecule has 0 aliphatic heterocycles. The summed E-state index contributed by atoms with van der Waals surface area (Å²) in [6.45, 7) is 1.71. The maximum absolute atomic E-state index is 13.4. The molecular formula is C12H8Cl3FS. The van der Waals surface area contributed by atoms with Gasteiger partial charge in [-0.3, -0.25) is 0 Å². The quantitative estimate of drug-likeness (QED) is 0.612. The van der Waals surface area contributed by atoms with Gasteiger partial charge in [-0.25, -0.2) is 4.39 Å². The highest BCUT2D eigenvalue weighted by Gasteiger charge is 2.18. The van der Waals surface area contributed by atoms with Gasteiger partial charge in [0.25, 0.3) is 0 Å². The van der Waals surface area contributed by atoms with Gasteiger partial charge < -0.3 is 0 Å². The number of hydrogen-bond acceptors (Lipinski definition) is 1. The molecule has 0 saturated carbocycles. The van der Waals surface area contributed by atoms with Gasteiger partial charge in [-0.1, -0.05) is 35.3 Å². The van der Waals surface area contributed by atoms with Crippen LogP contribution in [0.5, 0.6) is 0 Å². The van der Waals surface area contributed by atoms with E-state index in [1.54, 1.807) is 25.1 Å². The molecule has 0 spiro atoms. The lowest BCUT2D eigenvalue weighted by Crippen LogP contribution is -1.94. The van der Waals surface area contributed by atoms with E-state index < -0.39 is 5.38 Å². The van der Waals surface area contributed by atoms with Crippen LogP contribution in [0.4, 0.5) is 4.39 Å². The smallest absolute Gasteiger partial charge is 0.126 e. The third-order valence-corrected chi connectivity index (χ3v) is 4.45. The molecule has 2 aromatic rings. The predicted molar refractivity (Wildman–Crippen MR) is 73.2 cm³/mol. The van der Waals surface area contributed by atoms with E-state index in [1.165, 1.54) is 17.4 Å². The Bertz CT molecular complexity index is 551. The molecule has 1 aromatic heterocycles. The Morgan fingerprint density at radius 2 is 1.94 bits per heavy atom. The van der Waals surface area contributed by atoms with E-state index in [4.69, 9.17) is 34.8 Å². The Labute approximate surface area is 118 Å². The summed E-state index contributed by atoms with van der Waals surface area (Å²) >= 11 is 19.4. The summed E-state index contributed by atoms with van der Waals surface area (Å²) in [5, 5.41) is -0.485. The van der Waals surface area contributed by atoms with Crippen molar-refractivity contribution in [1.29, 1.82) is 0 Å². The van der Waals surface area contributed by atoms with Crippen LogP contribution < -0.4 is 0 Å². The van der Waals surface area contributed by atoms with Crippen molar-refractivity contribution in [2.45, 2.75) is 12.3 Å². The van der Waals surface area contributed by atoms with Gasteiger partial charge in [0.15, 0.2) is 0 Å². The number of thiophene rings is 1. The summed E-state index contributed by atoms with van der Waals surface area (Å²) < 4.78 is 14.6. The maximum Gasteiger partial charge on any atom is 0.126 e. The number of aryl methyl sites for hydroxylation is 1. The number of alkyl halides is 1. The van der Waals surface area contributed by atoms with Crippen molar-refractivity contribution < 1.29 is 4.39 Å². The van der Waals surface area contributed by atoms with Gasteiger partial charge in [0.1, 0.15) is 5.82 Å². The first-order valence-electron chi connectivity index (χ1n) is 4.84. The van der Waals surface area contributed by atoms with Gasteiger partial charge in [0, 0.05) is 5.56 Å². The third-order valence-electron chi connectivity index (χ3n) is 2.44. The number of benzene rings is 1. The monoisotopic (exact) mass is 308 g/mol. The zero-order valence-corrected chi connectivity index (χ0v) is 11.9. The molecule has 0 bridgehead atoms. The van der Waals surface area contributed by atoms with E-state index in [-0.39, 0.29) is 5.82 Å². The van der Waals surface area contributed by atoms with Crippen LogP contribution in [-0.4, -0.2) is 0 Å². The summed E-state index contributed by atoms with van der Waals surface area (Å²) in [6, 6.07) is 6.62. The standard InChI is InChI=1S/C12H8Cl3FS/c1-6-2-3-7(4-9(6)16)11(14)8-5-10(13)17-12(8)15/h2-5,11H,1H3. The largest absolute Gasteiger partial charge is 0.207 e.